The average Bonchev–Trinajstić information content (AvgIpc) is 3.48. The van der Waals surface area contributed by atoms with E-state index in [4.69, 9.17) is 9.47 Å². The molecule has 4 unspecified atom stereocenters. The molecular weight excluding hydrogens is 380 g/mol. The Bertz CT molecular complexity index is 662. The Labute approximate surface area is 168 Å². The Morgan fingerprint density at radius 1 is 1.11 bits per heavy atom. The van der Waals surface area contributed by atoms with Gasteiger partial charge in [-0.3, -0.25) is 10.6 Å². The van der Waals surface area contributed by atoms with Crippen LogP contribution < -0.4 is 10.6 Å². The fourth-order valence-electron chi connectivity index (χ4n) is 4.95. The first-order valence-electron chi connectivity index (χ1n) is 10.7. The number of nitriles is 1. The van der Waals surface area contributed by atoms with Gasteiger partial charge in [0.2, 0.25) is 10.0 Å². The van der Waals surface area contributed by atoms with Crippen molar-refractivity contribution in [3.8, 4) is 6.07 Å². The number of nitrogens with one attached hydrogen (secondary N) is 2. The molecule has 4 atom stereocenters. The number of sulfonamides is 1. The summed E-state index contributed by atoms with van der Waals surface area (Å²) >= 11 is 0. The first kappa shape index (κ1) is 20.5. The van der Waals surface area contributed by atoms with Crippen LogP contribution in [0.2, 0.25) is 0 Å². The van der Waals surface area contributed by atoms with Gasteiger partial charge in [0, 0.05) is 26.2 Å². The van der Waals surface area contributed by atoms with Crippen molar-refractivity contribution in [1.82, 2.24) is 14.9 Å². The van der Waals surface area contributed by atoms with Crippen LogP contribution in [0.15, 0.2) is 0 Å². The summed E-state index contributed by atoms with van der Waals surface area (Å²) in [6, 6.07) is 1.90. The molecule has 4 aliphatic rings. The van der Waals surface area contributed by atoms with Crippen LogP contribution in [0, 0.1) is 17.2 Å². The van der Waals surface area contributed by atoms with Crippen LogP contribution in [-0.2, 0) is 19.5 Å². The number of hydrogen-bond donors (Lipinski definition) is 2. The zero-order chi connectivity index (χ0) is 19.6. The van der Waals surface area contributed by atoms with E-state index in [9.17, 15) is 13.7 Å². The molecule has 9 heteroatoms. The normalized spacial score (nSPS) is 40.0. The van der Waals surface area contributed by atoms with Crippen molar-refractivity contribution in [2.24, 2.45) is 5.92 Å². The van der Waals surface area contributed by atoms with E-state index in [0.717, 1.165) is 45.1 Å². The molecule has 0 aromatic rings. The van der Waals surface area contributed by atoms with E-state index in [1.165, 1.54) is 0 Å². The summed E-state index contributed by atoms with van der Waals surface area (Å²) in [4.78, 5) is 0. The molecule has 158 valence electrons. The van der Waals surface area contributed by atoms with Crippen molar-refractivity contribution >= 4 is 10.0 Å². The summed E-state index contributed by atoms with van der Waals surface area (Å²) in [7, 11) is -3.16. The Hall–Kier alpha value is -0.760. The monoisotopic (exact) mass is 412 g/mol. The maximum absolute atomic E-state index is 12.8. The van der Waals surface area contributed by atoms with E-state index >= 15 is 0 Å². The van der Waals surface area contributed by atoms with E-state index in [1.54, 1.807) is 4.31 Å². The Balaban J connectivity index is 1.27. The zero-order valence-corrected chi connectivity index (χ0v) is 17.2. The molecule has 0 spiro atoms. The molecular formula is C19H32N4O4S. The summed E-state index contributed by atoms with van der Waals surface area (Å²) in [5, 5.41) is 15.8. The van der Waals surface area contributed by atoms with E-state index in [0.29, 0.717) is 32.5 Å². The fraction of sp³-hybridized carbons (Fsp3) is 0.947. The summed E-state index contributed by atoms with van der Waals surface area (Å²) < 4.78 is 39.0. The van der Waals surface area contributed by atoms with Crippen LogP contribution >= 0.6 is 0 Å². The second-order valence-electron chi connectivity index (χ2n) is 8.48. The van der Waals surface area contributed by atoms with Gasteiger partial charge in [0.05, 0.1) is 17.4 Å². The highest BCUT2D eigenvalue weighted by Gasteiger charge is 2.42. The highest BCUT2D eigenvalue weighted by Crippen LogP contribution is 2.35. The summed E-state index contributed by atoms with van der Waals surface area (Å²) in [6.45, 7) is 2.86. The molecule has 2 N–H and O–H groups in total. The largest absolute Gasteiger partial charge is 0.377 e. The van der Waals surface area contributed by atoms with Gasteiger partial charge in [-0.1, -0.05) is 0 Å². The van der Waals surface area contributed by atoms with Crippen molar-refractivity contribution in [1.29, 1.82) is 5.26 Å². The molecule has 3 saturated heterocycles. The van der Waals surface area contributed by atoms with E-state index in [-0.39, 0.29) is 29.7 Å². The number of nitrogens with zero attached hydrogens (tertiary/aromatic N) is 2. The van der Waals surface area contributed by atoms with Crippen LogP contribution in [0.5, 0.6) is 0 Å². The highest BCUT2D eigenvalue weighted by atomic mass is 32.2. The van der Waals surface area contributed by atoms with Crippen molar-refractivity contribution < 1.29 is 17.9 Å². The predicted molar refractivity (Wildman–Crippen MR) is 104 cm³/mol. The van der Waals surface area contributed by atoms with Crippen molar-refractivity contribution in [2.75, 3.05) is 26.2 Å². The van der Waals surface area contributed by atoms with Gasteiger partial charge in [-0.25, -0.2) is 12.7 Å². The summed E-state index contributed by atoms with van der Waals surface area (Å²) in [5.74, 6) is 0.246. The van der Waals surface area contributed by atoms with E-state index < -0.39 is 16.1 Å². The molecule has 4 fully saturated rings. The molecule has 3 aliphatic heterocycles. The highest BCUT2D eigenvalue weighted by molar-refractivity contribution is 7.89. The lowest BCUT2D eigenvalue weighted by Crippen LogP contribution is -2.43. The van der Waals surface area contributed by atoms with Gasteiger partial charge in [0.15, 0.2) is 0 Å². The van der Waals surface area contributed by atoms with Gasteiger partial charge in [0.1, 0.15) is 18.5 Å². The third kappa shape index (κ3) is 4.37. The Morgan fingerprint density at radius 2 is 1.86 bits per heavy atom. The molecule has 0 amide bonds. The first-order chi connectivity index (χ1) is 13.6. The molecule has 1 aliphatic carbocycles. The standard InChI is InChI=1S/C19H32N4O4S/c20-12-17-19(21-13-15-4-3-11-26-15)27-18(22-17)14-5-7-16(8-6-14)28(24,25)23-9-1-2-10-23/h14-19,21-22H,1-11,13H2. The zero-order valence-electron chi connectivity index (χ0n) is 16.4. The topological polar surface area (TPSA) is 104 Å². The number of hydrogen-bond acceptors (Lipinski definition) is 7. The van der Waals surface area contributed by atoms with Crippen LogP contribution in [0.1, 0.15) is 51.4 Å². The minimum Gasteiger partial charge on any atom is -0.377 e. The maximum atomic E-state index is 12.8. The SMILES string of the molecule is N#CC1NC(C2CCC(S(=O)(=O)N3CCCC3)CC2)OC1NCC1CCCO1. The van der Waals surface area contributed by atoms with Gasteiger partial charge in [-0.15, -0.1) is 0 Å². The van der Waals surface area contributed by atoms with Gasteiger partial charge < -0.3 is 9.47 Å². The van der Waals surface area contributed by atoms with E-state index in [2.05, 4.69) is 16.7 Å². The van der Waals surface area contributed by atoms with Gasteiger partial charge in [0.25, 0.3) is 0 Å². The molecule has 3 heterocycles. The second-order valence-corrected chi connectivity index (χ2v) is 10.7. The van der Waals surface area contributed by atoms with Crippen molar-refractivity contribution in [2.45, 2.75) is 81.2 Å². The molecule has 28 heavy (non-hydrogen) atoms. The number of rotatable bonds is 6. The lowest BCUT2D eigenvalue weighted by atomic mass is 9.87. The van der Waals surface area contributed by atoms with Gasteiger partial charge in [-0.2, -0.15) is 5.26 Å². The predicted octanol–water partition coefficient (Wildman–Crippen LogP) is 0.904. The number of ether oxygens (including phenoxy) is 2. The lowest BCUT2D eigenvalue weighted by molar-refractivity contribution is -0.0250. The Kier molecular flexibility index (Phi) is 6.55. The quantitative estimate of drug-likeness (QED) is 0.668. The smallest absolute Gasteiger partial charge is 0.216 e. The van der Waals surface area contributed by atoms with Crippen LogP contribution in [-0.4, -0.2) is 68.8 Å². The molecule has 4 rings (SSSR count). The molecule has 0 aromatic carbocycles. The molecule has 0 bridgehead atoms. The van der Waals surface area contributed by atoms with Gasteiger partial charge in [-0.05, 0) is 57.3 Å². The minimum atomic E-state index is -3.16. The third-order valence-electron chi connectivity index (χ3n) is 6.64. The minimum absolute atomic E-state index is 0.193. The van der Waals surface area contributed by atoms with E-state index in [1.807, 2.05) is 0 Å². The maximum Gasteiger partial charge on any atom is 0.216 e. The Morgan fingerprint density at radius 3 is 2.50 bits per heavy atom. The molecule has 8 nitrogen and oxygen atoms in total. The first-order valence-corrected chi connectivity index (χ1v) is 12.2. The van der Waals surface area contributed by atoms with Gasteiger partial charge >= 0.3 is 0 Å². The lowest BCUT2D eigenvalue weighted by Gasteiger charge is -2.33. The molecule has 1 saturated carbocycles. The van der Waals surface area contributed by atoms with Crippen LogP contribution in [0.3, 0.4) is 0 Å². The molecule has 0 aromatic heterocycles. The second kappa shape index (κ2) is 8.94. The van der Waals surface area contributed by atoms with Crippen molar-refractivity contribution in [3.05, 3.63) is 0 Å². The third-order valence-corrected chi connectivity index (χ3v) is 9.04. The summed E-state index contributed by atoms with van der Waals surface area (Å²) in [5.41, 5.74) is 0. The molecule has 0 radical (unpaired) electrons. The van der Waals surface area contributed by atoms with Crippen LogP contribution in [0.25, 0.3) is 0 Å². The van der Waals surface area contributed by atoms with Crippen LogP contribution in [0.4, 0.5) is 0 Å². The summed E-state index contributed by atoms with van der Waals surface area (Å²) in [6.07, 6.45) is 6.73. The fourth-order valence-corrected chi connectivity index (χ4v) is 7.01. The average molecular weight is 413 g/mol. The van der Waals surface area contributed by atoms with Crippen molar-refractivity contribution in [3.63, 3.8) is 0 Å².